The molecule has 1 aromatic heterocycles. The van der Waals surface area contributed by atoms with Gasteiger partial charge in [-0.25, -0.2) is 9.78 Å². The largest absolute Gasteiger partial charge is 0.465 e. The van der Waals surface area contributed by atoms with Crippen molar-refractivity contribution in [2.45, 2.75) is 38.4 Å². The molecule has 0 aliphatic carbocycles. The van der Waals surface area contributed by atoms with E-state index in [-0.39, 0.29) is 18.6 Å². The number of aliphatic hydroxyl groups is 1. The third kappa shape index (κ3) is 5.29. The van der Waals surface area contributed by atoms with Gasteiger partial charge in [0.05, 0.1) is 11.7 Å². The van der Waals surface area contributed by atoms with Crippen molar-refractivity contribution in [1.82, 2.24) is 9.88 Å². The Morgan fingerprint density at radius 1 is 1.24 bits per heavy atom. The first kappa shape index (κ1) is 23.5. The number of nitrogens with two attached hydrogens (primary N) is 1. The van der Waals surface area contributed by atoms with Gasteiger partial charge < -0.3 is 35.3 Å². The molecule has 0 saturated carbocycles. The van der Waals surface area contributed by atoms with Crippen LogP contribution in [0.1, 0.15) is 32.3 Å². The normalized spacial score (nSPS) is 15.0. The number of amides is 2. The van der Waals surface area contributed by atoms with E-state index >= 15 is 0 Å². The van der Waals surface area contributed by atoms with E-state index in [0.29, 0.717) is 65.4 Å². The van der Waals surface area contributed by atoms with E-state index in [1.54, 1.807) is 50.2 Å². The highest BCUT2D eigenvalue weighted by molar-refractivity contribution is 5.92. The zero-order chi connectivity index (χ0) is 24.5. The molecule has 0 spiro atoms. The van der Waals surface area contributed by atoms with Gasteiger partial charge in [-0.1, -0.05) is 0 Å². The van der Waals surface area contributed by atoms with E-state index in [4.69, 9.17) is 20.0 Å². The second-order valence-corrected chi connectivity index (χ2v) is 8.90. The quantitative estimate of drug-likeness (QED) is 0.402. The summed E-state index contributed by atoms with van der Waals surface area (Å²) in [6.07, 6.45) is 0.0733. The number of aromatic nitrogens is 1. The number of carbonyl (C=O) groups is 2. The van der Waals surface area contributed by atoms with E-state index in [1.165, 1.54) is 4.90 Å². The number of piperidine rings is 1. The summed E-state index contributed by atoms with van der Waals surface area (Å²) >= 11 is 0. The number of likely N-dealkylation sites (tertiary alicyclic amines) is 1. The van der Waals surface area contributed by atoms with E-state index < -0.39 is 11.7 Å². The zero-order valence-corrected chi connectivity index (χ0v) is 19.1. The standard InChI is InChI=1S/C24H28N4O6/c1-24(2,32)18-11-15(25)12-19-21(18)34-22(27-19)14-3-5-16(6-4-14)26-20(29)13-33-17-7-9-28(10-8-17)23(30)31/h3-6,11-12,17,32H,7-10,13,25H2,1-2H3,(H,26,29)(H,30,31). The molecule has 2 aromatic carbocycles. The van der Waals surface area contributed by atoms with E-state index in [2.05, 4.69) is 10.3 Å². The van der Waals surface area contributed by atoms with E-state index in [1.807, 2.05) is 0 Å². The molecule has 1 aliphatic heterocycles. The molecule has 10 nitrogen and oxygen atoms in total. The Morgan fingerprint density at radius 3 is 2.53 bits per heavy atom. The molecule has 0 radical (unpaired) electrons. The van der Waals surface area contributed by atoms with Gasteiger partial charge in [-0.3, -0.25) is 4.79 Å². The molecule has 1 fully saturated rings. The second kappa shape index (κ2) is 9.32. The van der Waals surface area contributed by atoms with Crippen LogP contribution in [-0.4, -0.2) is 57.9 Å². The molecule has 34 heavy (non-hydrogen) atoms. The van der Waals surface area contributed by atoms with Crippen LogP contribution in [0.25, 0.3) is 22.6 Å². The molecule has 1 saturated heterocycles. The molecule has 3 aromatic rings. The number of fused-ring (bicyclic) bond motifs is 1. The summed E-state index contributed by atoms with van der Waals surface area (Å²) in [5.41, 5.74) is 8.17. The Balaban J connectivity index is 1.37. The number of ether oxygens (including phenoxy) is 1. The summed E-state index contributed by atoms with van der Waals surface area (Å²) in [7, 11) is 0. The van der Waals surface area contributed by atoms with Gasteiger partial charge in [-0.2, -0.15) is 0 Å². The van der Waals surface area contributed by atoms with Crippen LogP contribution < -0.4 is 11.1 Å². The Kier molecular flexibility index (Phi) is 6.45. The van der Waals surface area contributed by atoms with Crippen LogP contribution in [0.4, 0.5) is 16.2 Å². The van der Waals surface area contributed by atoms with Gasteiger partial charge in [0, 0.05) is 35.6 Å². The summed E-state index contributed by atoms with van der Waals surface area (Å²) in [6.45, 7) is 4.02. The number of oxazole rings is 1. The highest BCUT2D eigenvalue weighted by atomic mass is 16.5. The number of nitrogens with one attached hydrogen (secondary N) is 1. The number of hydrogen-bond donors (Lipinski definition) is 4. The smallest absolute Gasteiger partial charge is 0.407 e. The highest BCUT2D eigenvalue weighted by Gasteiger charge is 2.24. The fourth-order valence-corrected chi connectivity index (χ4v) is 3.93. The fraction of sp³-hybridized carbons (Fsp3) is 0.375. The van der Waals surface area contributed by atoms with Crippen molar-refractivity contribution in [2.24, 2.45) is 0 Å². The van der Waals surface area contributed by atoms with Crippen LogP contribution in [0, 0.1) is 0 Å². The molecule has 0 atom stereocenters. The van der Waals surface area contributed by atoms with Crippen LogP contribution in [-0.2, 0) is 15.1 Å². The van der Waals surface area contributed by atoms with Crippen molar-refractivity contribution in [1.29, 1.82) is 0 Å². The fourth-order valence-electron chi connectivity index (χ4n) is 3.93. The number of anilines is 2. The molecule has 0 unspecified atom stereocenters. The molecule has 4 rings (SSSR count). The predicted molar refractivity (Wildman–Crippen MR) is 126 cm³/mol. The molecular weight excluding hydrogens is 440 g/mol. The topological polar surface area (TPSA) is 151 Å². The Bertz CT molecular complexity index is 1190. The van der Waals surface area contributed by atoms with Gasteiger partial charge in [0.1, 0.15) is 12.1 Å². The Labute approximate surface area is 196 Å². The molecular formula is C24H28N4O6. The molecule has 0 bridgehead atoms. The average molecular weight is 469 g/mol. The second-order valence-electron chi connectivity index (χ2n) is 8.90. The maximum atomic E-state index is 12.3. The summed E-state index contributed by atoms with van der Waals surface area (Å²) < 4.78 is 11.6. The number of rotatable bonds is 6. The Hall–Kier alpha value is -3.63. The highest BCUT2D eigenvalue weighted by Crippen LogP contribution is 2.34. The van der Waals surface area contributed by atoms with Gasteiger partial charge in [0.2, 0.25) is 11.8 Å². The minimum absolute atomic E-state index is 0.105. The predicted octanol–water partition coefficient (Wildman–Crippen LogP) is 3.40. The molecule has 1 aliphatic rings. The first-order valence-corrected chi connectivity index (χ1v) is 11.0. The van der Waals surface area contributed by atoms with E-state index in [9.17, 15) is 14.7 Å². The van der Waals surface area contributed by atoms with Gasteiger partial charge >= 0.3 is 6.09 Å². The number of nitrogens with zero attached hydrogens (tertiary/aromatic N) is 2. The lowest BCUT2D eigenvalue weighted by Gasteiger charge is -2.29. The third-order valence-electron chi connectivity index (χ3n) is 5.75. The van der Waals surface area contributed by atoms with Crippen molar-refractivity contribution in [3.8, 4) is 11.5 Å². The summed E-state index contributed by atoms with van der Waals surface area (Å²) in [4.78, 5) is 29.1. The summed E-state index contributed by atoms with van der Waals surface area (Å²) in [5.74, 6) is 0.0839. The molecule has 10 heteroatoms. The van der Waals surface area contributed by atoms with Crippen LogP contribution in [0.5, 0.6) is 0 Å². The van der Waals surface area contributed by atoms with Crippen molar-refractivity contribution in [2.75, 3.05) is 30.7 Å². The van der Waals surface area contributed by atoms with Crippen molar-refractivity contribution in [3.05, 3.63) is 42.0 Å². The number of carboxylic acid groups (broad SMARTS) is 1. The number of benzene rings is 2. The zero-order valence-electron chi connectivity index (χ0n) is 19.1. The minimum Gasteiger partial charge on any atom is -0.465 e. The van der Waals surface area contributed by atoms with Gasteiger partial charge in [0.15, 0.2) is 5.58 Å². The Morgan fingerprint density at radius 2 is 1.91 bits per heavy atom. The number of carbonyl (C=O) groups excluding carboxylic acids is 1. The molecule has 5 N–H and O–H groups in total. The number of hydrogen-bond acceptors (Lipinski definition) is 7. The minimum atomic E-state index is -1.14. The molecule has 180 valence electrons. The number of nitrogen functional groups attached to an aromatic ring is 1. The van der Waals surface area contributed by atoms with Crippen molar-refractivity contribution in [3.63, 3.8) is 0 Å². The average Bonchev–Trinajstić information content (AvgIpc) is 3.21. The first-order chi connectivity index (χ1) is 16.1. The van der Waals surface area contributed by atoms with Crippen LogP contribution >= 0.6 is 0 Å². The van der Waals surface area contributed by atoms with E-state index in [0.717, 1.165) is 0 Å². The van der Waals surface area contributed by atoms with Crippen LogP contribution in [0.3, 0.4) is 0 Å². The lowest BCUT2D eigenvalue weighted by Crippen LogP contribution is -2.40. The maximum Gasteiger partial charge on any atom is 0.407 e. The third-order valence-corrected chi connectivity index (χ3v) is 5.75. The lowest BCUT2D eigenvalue weighted by molar-refractivity contribution is -0.123. The summed E-state index contributed by atoms with van der Waals surface area (Å²) in [6, 6.07) is 10.4. The van der Waals surface area contributed by atoms with Gasteiger partial charge in [0.25, 0.3) is 0 Å². The lowest BCUT2D eigenvalue weighted by atomic mass is 9.97. The first-order valence-electron chi connectivity index (χ1n) is 11.0. The molecule has 2 amide bonds. The monoisotopic (exact) mass is 468 g/mol. The summed E-state index contributed by atoms with van der Waals surface area (Å²) in [5, 5.41) is 22.2. The van der Waals surface area contributed by atoms with Gasteiger partial charge in [-0.15, -0.1) is 0 Å². The van der Waals surface area contributed by atoms with Crippen molar-refractivity contribution >= 4 is 34.5 Å². The van der Waals surface area contributed by atoms with Gasteiger partial charge in [-0.05, 0) is 63.1 Å². The molecule has 2 heterocycles. The van der Waals surface area contributed by atoms with Crippen LogP contribution in [0.2, 0.25) is 0 Å². The van der Waals surface area contributed by atoms with Crippen LogP contribution in [0.15, 0.2) is 40.8 Å². The van der Waals surface area contributed by atoms with Crippen molar-refractivity contribution < 1.29 is 29.0 Å². The SMILES string of the molecule is CC(C)(O)c1cc(N)cc2nc(-c3ccc(NC(=O)COC4CCN(C(=O)O)CC4)cc3)oc12. The maximum absolute atomic E-state index is 12.3.